The summed E-state index contributed by atoms with van der Waals surface area (Å²) in [6, 6.07) is 20.4. The first-order valence-electron chi connectivity index (χ1n) is 8.49. The van der Waals surface area contributed by atoms with Crippen LogP contribution in [0.1, 0.15) is 50.8 Å². The monoisotopic (exact) mass is 330 g/mol. The molecule has 118 valence electrons. The van der Waals surface area contributed by atoms with Crippen molar-refractivity contribution in [3.05, 3.63) is 81.9 Å². The minimum absolute atomic E-state index is 0. The molecule has 0 heterocycles. The SMILES string of the molecule is CC1=Cc2ccccc2C1C[Si]CC1C(C)=Cc2ccccc21.[H-].[H-].[Li+].[Li+]. The van der Waals surface area contributed by atoms with E-state index in [0.717, 1.165) is 9.52 Å². The van der Waals surface area contributed by atoms with E-state index in [9.17, 15) is 0 Å². The van der Waals surface area contributed by atoms with Gasteiger partial charge in [0, 0.05) is 21.4 Å². The third kappa shape index (κ3) is 4.03. The summed E-state index contributed by atoms with van der Waals surface area (Å²) in [5, 5.41) is 0. The molecule has 0 aliphatic heterocycles. The van der Waals surface area contributed by atoms with Crippen molar-refractivity contribution < 1.29 is 40.6 Å². The second-order valence-electron chi connectivity index (χ2n) is 6.80. The van der Waals surface area contributed by atoms with Crippen molar-refractivity contribution in [2.45, 2.75) is 37.8 Å². The van der Waals surface area contributed by atoms with Gasteiger partial charge in [-0.2, -0.15) is 0 Å². The summed E-state index contributed by atoms with van der Waals surface area (Å²) in [7, 11) is 1.01. The third-order valence-electron chi connectivity index (χ3n) is 5.31. The Balaban J connectivity index is 0.00000169. The predicted molar refractivity (Wildman–Crippen MR) is 103 cm³/mol. The van der Waals surface area contributed by atoms with Crippen molar-refractivity contribution in [2.24, 2.45) is 0 Å². The van der Waals surface area contributed by atoms with Gasteiger partial charge in [-0.05, 0) is 36.1 Å². The van der Waals surface area contributed by atoms with Crippen LogP contribution in [0.2, 0.25) is 12.1 Å². The first-order chi connectivity index (χ1) is 11.2. The molecule has 0 nitrogen and oxygen atoms in total. The summed E-state index contributed by atoms with van der Waals surface area (Å²) in [5.41, 5.74) is 9.02. The topological polar surface area (TPSA) is 0 Å². The van der Waals surface area contributed by atoms with Crippen molar-refractivity contribution >= 4 is 21.7 Å². The van der Waals surface area contributed by atoms with Crippen molar-refractivity contribution in [2.75, 3.05) is 0 Å². The number of benzene rings is 2. The molecular weight excluding hydrogens is 306 g/mol. The van der Waals surface area contributed by atoms with E-state index < -0.39 is 0 Å². The van der Waals surface area contributed by atoms with Gasteiger partial charge in [0.1, 0.15) is 0 Å². The molecule has 2 aromatic rings. The molecule has 0 aromatic heterocycles. The number of hydrogen-bond donors (Lipinski definition) is 0. The normalized spacial score (nSPS) is 19.9. The first-order valence-corrected chi connectivity index (χ1v) is 9.90. The minimum Gasteiger partial charge on any atom is -1.00 e. The second kappa shape index (κ2) is 8.81. The van der Waals surface area contributed by atoms with Crippen LogP contribution in [0.15, 0.2) is 59.7 Å². The zero-order valence-corrected chi connectivity index (χ0v) is 16.8. The van der Waals surface area contributed by atoms with Crippen LogP contribution in [0.5, 0.6) is 0 Å². The summed E-state index contributed by atoms with van der Waals surface area (Å²) < 4.78 is 0. The molecular formula is C22H24Li2Si. The van der Waals surface area contributed by atoms with E-state index in [4.69, 9.17) is 0 Å². The summed E-state index contributed by atoms with van der Waals surface area (Å²) >= 11 is 0. The smallest absolute Gasteiger partial charge is 1.00 e. The Bertz CT molecular complexity index is 750. The molecule has 2 aliphatic carbocycles. The molecule has 0 saturated heterocycles. The van der Waals surface area contributed by atoms with Gasteiger partial charge in [-0.1, -0.05) is 83.9 Å². The molecule has 0 saturated carbocycles. The molecule has 0 fully saturated rings. The number of fused-ring (bicyclic) bond motifs is 2. The van der Waals surface area contributed by atoms with Gasteiger partial charge in [0.25, 0.3) is 0 Å². The first kappa shape index (κ1) is 20.6. The van der Waals surface area contributed by atoms with Gasteiger partial charge in [-0.15, -0.1) is 0 Å². The molecule has 0 N–H and O–H groups in total. The van der Waals surface area contributed by atoms with Crippen LogP contribution in [0.3, 0.4) is 0 Å². The Morgan fingerprint density at radius 2 is 1.12 bits per heavy atom. The molecule has 0 bridgehead atoms. The molecule has 0 amide bonds. The van der Waals surface area contributed by atoms with Crippen molar-refractivity contribution in [1.29, 1.82) is 0 Å². The second-order valence-corrected chi connectivity index (χ2v) is 8.11. The Labute approximate surface area is 181 Å². The molecule has 2 atom stereocenters. The number of rotatable bonds is 4. The van der Waals surface area contributed by atoms with Crippen LogP contribution in [-0.4, -0.2) is 9.52 Å². The van der Waals surface area contributed by atoms with Gasteiger partial charge in [0.2, 0.25) is 0 Å². The summed E-state index contributed by atoms with van der Waals surface area (Å²) in [4.78, 5) is 0. The average Bonchev–Trinajstić information content (AvgIpc) is 3.04. The number of allylic oxidation sites excluding steroid dienone is 2. The molecule has 2 aliphatic rings. The standard InChI is InChI=1S/C22H22Si.2Li.2H/c1-15-11-17-7-3-5-9-19(17)21(15)13-23-14-22-16(2)12-18-8-4-6-10-20(18)22;;;;/h3-12,21-22H,13-14H2,1-2H3;;;;/q;2*+1;2*-1. The molecule has 2 unspecified atom stereocenters. The van der Waals surface area contributed by atoms with Gasteiger partial charge < -0.3 is 2.85 Å². The summed E-state index contributed by atoms with van der Waals surface area (Å²) in [6.45, 7) is 4.59. The van der Waals surface area contributed by atoms with Gasteiger partial charge >= 0.3 is 37.7 Å². The van der Waals surface area contributed by atoms with Gasteiger partial charge in [-0.3, -0.25) is 0 Å². The van der Waals surface area contributed by atoms with E-state index in [1.807, 2.05) is 0 Å². The van der Waals surface area contributed by atoms with Crippen molar-refractivity contribution in [3.63, 3.8) is 0 Å². The Kier molecular flexibility index (Phi) is 7.28. The Morgan fingerprint density at radius 1 is 0.720 bits per heavy atom. The van der Waals surface area contributed by atoms with Crippen molar-refractivity contribution in [1.82, 2.24) is 0 Å². The Morgan fingerprint density at radius 3 is 1.56 bits per heavy atom. The Hall–Kier alpha value is -0.668. The van der Waals surface area contributed by atoms with Gasteiger partial charge in [0.05, 0.1) is 0 Å². The zero-order chi connectivity index (χ0) is 15.8. The molecule has 2 radical (unpaired) electrons. The summed E-state index contributed by atoms with van der Waals surface area (Å²) in [5.74, 6) is 1.29. The van der Waals surface area contributed by atoms with Gasteiger partial charge in [-0.25, -0.2) is 0 Å². The molecule has 0 spiro atoms. The molecule has 2 aromatic carbocycles. The average molecular weight is 330 g/mol. The van der Waals surface area contributed by atoms with Crippen LogP contribution in [0.4, 0.5) is 0 Å². The maximum atomic E-state index is 2.38. The zero-order valence-electron chi connectivity index (χ0n) is 17.8. The fourth-order valence-electron chi connectivity index (χ4n) is 4.02. The van der Waals surface area contributed by atoms with E-state index >= 15 is 0 Å². The largest absolute Gasteiger partial charge is 1.00 e. The molecule has 3 heteroatoms. The molecule has 4 rings (SSSR count). The van der Waals surface area contributed by atoms with Crippen LogP contribution in [-0.2, 0) is 0 Å². The molecule has 25 heavy (non-hydrogen) atoms. The maximum Gasteiger partial charge on any atom is 1.00 e. The van der Waals surface area contributed by atoms with Crippen LogP contribution in [0.25, 0.3) is 12.2 Å². The van der Waals surface area contributed by atoms with Crippen molar-refractivity contribution in [3.8, 4) is 0 Å². The van der Waals surface area contributed by atoms with E-state index in [1.54, 1.807) is 0 Å². The fourth-order valence-corrected chi connectivity index (χ4v) is 5.84. The van der Waals surface area contributed by atoms with Crippen LogP contribution < -0.4 is 37.7 Å². The third-order valence-corrected chi connectivity index (χ3v) is 6.70. The van der Waals surface area contributed by atoms with Gasteiger partial charge in [0.15, 0.2) is 0 Å². The van der Waals surface area contributed by atoms with E-state index in [0.29, 0.717) is 11.8 Å². The fraction of sp³-hybridized carbons (Fsp3) is 0.273. The minimum atomic E-state index is 0. The van der Waals surface area contributed by atoms with E-state index in [-0.39, 0.29) is 40.6 Å². The predicted octanol–water partition coefficient (Wildman–Crippen LogP) is 0.162. The maximum absolute atomic E-state index is 2.38. The van der Waals surface area contributed by atoms with E-state index in [1.165, 1.54) is 45.5 Å². The quantitative estimate of drug-likeness (QED) is 0.701. The van der Waals surface area contributed by atoms with E-state index in [2.05, 4.69) is 74.5 Å². The summed E-state index contributed by atoms with van der Waals surface area (Å²) in [6.07, 6.45) is 4.75. The number of hydrogen-bond acceptors (Lipinski definition) is 0. The van der Waals surface area contributed by atoms with Crippen LogP contribution >= 0.6 is 0 Å². The van der Waals surface area contributed by atoms with Crippen LogP contribution in [0, 0.1) is 0 Å².